The molecule has 9 unspecified atom stereocenters. The van der Waals surface area contributed by atoms with Gasteiger partial charge in [-0.25, -0.2) is 4.57 Å². The summed E-state index contributed by atoms with van der Waals surface area (Å²) >= 11 is 0. The minimum atomic E-state index is -5.19. The quantitative estimate of drug-likeness (QED) is 0.0106. The molecule has 0 spiro atoms. The molecular weight excluding hydrogens is 875 g/mol. The van der Waals surface area contributed by atoms with Crippen molar-refractivity contribution in [2.45, 2.75) is 210 Å². The molecule has 66 heavy (non-hydrogen) atoms. The summed E-state index contributed by atoms with van der Waals surface area (Å²) in [6.45, 7) is 2.87. The number of esters is 2. The highest BCUT2D eigenvalue weighted by Gasteiger charge is 2.51. The zero-order chi connectivity index (χ0) is 49.0. The van der Waals surface area contributed by atoms with Crippen LogP contribution in [0.25, 0.3) is 0 Å². The zero-order valence-electron chi connectivity index (χ0n) is 39.3. The zero-order valence-corrected chi connectivity index (χ0v) is 40.2. The number of phosphoric ester groups is 1. The standard InChI is InChI=1S/C49H83O16P/c1-3-5-7-8-9-10-11-12-13-14-15-16-17-22-28-34-42(53)62-36-39(37-63-66(60,61)65-49-47(58)45(56)44(55)46(57)48(49)59)64-43(54)35-29-23-26-31-38(50)30-25-20-18-19-21-27-33-41(52)40(51)32-24-6-4-2/h6,18-21,23-27,30,33,38-41,44-52,55-59H,3-5,7-17,22,28-29,31-32,34-37H2,1-2H3,(H,60,61)/b20-18+,21-19-,24-6-,26-23+,30-25+,33-27+. The summed E-state index contributed by atoms with van der Waals surface area (Å²) in [7, 11) is -5.19. The summed E-state index contributed by atoms with van der Waals surface area (Å²) in [5.74, 6) is -1.33. The van der Waals surface area contributed by atoms with Gasteiger partial charge in [-0.15, -0.1) is 0 Å². The van der Waals surface area contributed by atoms with E-state index in [1.54, 1.807) is 54.7 Å². The van der Waals surface area contributed by atoms with Gasteiger partial charge < -0.3 is 55.2 Å². The Hall–Kier alpha value is -2.83. The molecule has 1 rings (SSSR count). The lowest BCUT2D eigenvalue weighted by atomic mass is 9.85. The molecule has 0 aromatic heterocycles. The van der Waals surface area contributed by atoms with Crippen LogP contribution in [0.2, 0.25) is 0 Å². The largest absolute Gasteiger partial charge is 0.472 e. The second kappa shape index (κ2) is 38.1. The van der Waals surface area contributed by atoms with Crippen LogP contribution in [0.1, 0.15) is 149 Å². The molecule has 1 saturated carbocycles. The first-order chi connectivity index (χ1) is 31.6. The number of aliphatic hydroxyl groups is 8. The van der Waals surface area contributed by atoms with E-state index in [9.17, 15) is 59.9 Å². The number of ether oxygens (including phenoxy) is 2. The molecule has 0 radical (unpaired) electrons. The van der Waals surface area contributed by atoms with Crippen LogP contribution < -0.4 is 0 Å². The summed E-state index contributed by atoms with van der Waals surface area (Å²) in [5.41, 5.74) is 0. The third kappa shape index (κ3) is 29.8. The van der Waals surface area contributed by atoms with Crippen LogP contribution in [0.5, 0.6) is 0 Å². The molecule has 0 aromatic carbocycles. The van der Waals surface area contributed by atoms with Gasteiger partial charge in [0.2, 0.25) is 0 Å². The van der Waals surface area contributed by atoms with Crippen molar-refractivity contribution in [3.05, 3.63) is 72.9 Å². The molecular formula is C49H83O16P. The van der Waals surface area contributed by atoms with Crippen molar-refractivity contribution in [3.63, 3.8) is 0 Å². The fraction of sp³-hybridized carbons (Fsp3) is 0.714. The Kier molecular flexibility index (Phi) is 35.3. The average molecular weight is 959 g/mol. The molecule has 0 aliphatic heterocycles. The normalized spacial score (nSPS) is 23.4. The van der Waals surface area contributed by atoms with Crippen LogP contribution in [-0.2, 0) is 32.7 Å². The van der Waals surface area contributed by atoms with Gasteiger partial charge in [-0.05, 0) is 32.1 Å². The lowest BCUT2D eigenvalue weighted by molar-refractivity contribution is -0.220. The summed E-state index contributed by atoms with van der Waals surface area (Å²) in [6.07, 6.45) is 23.2. The van der Waals surface area contributed by atoms with E-state index in [0.29, 0.717) is 12.8 Å². The molecule has 16 nitrogen and oxygen atoms in total. The first kappa shape index (κ1) is 61.2. The molecule has 0 aromatic rings. The molecule has 1 aliphatic carbocycles. The summed E-state index contributed by atoms with van der Waals surface area (Å²) < 4.78 is 33.4. The van der Waals surface area contributed by atoms with Crippen LogP contribution >= 0.6 is 7.82 Å². The predicted octanol–water partition coefficient (Wildman–Crippen LogP) is 6.41. The molecule has 380 valence electrons. The van der Waals surface area contributed by atoms with Gasteiger partial charge in [-0.3, -0.25) is 18.6 Å². The SMILES string of the molecule is CC/C=C\CC(O)C(O)/C=C/C=C\C=C\C=C\C(O)C/C=C/CCC(=O)OC(COC(=O)CCCCCCCCCCCCCCCCC)COP(=O)(O)OC1C(O)C(O)C(O)C(O)C1O. The number of carbonyl (C=O) groups is 2. The molecule has 9 atom stereocenters. The Bertz CT molecular complexity index is 1480. The van der Waals surface area contributed by atoms with E-state index >= 15 is 0 Å². The van der Waals surface area contributed by atoms with Crippen LogP contribution in [0.4, 0.5) is 0 Å². The third-order valence-corrected chi connectivity index (χ3v) is 11.9. The van der Waals surface area contributed by atoms with Crippen molar-refractivity contribution in [1.29, 1.82) is 0 Å². The van der Waals surface area contributed by atoms with E-state index in [1.807, 2.05) is 19.1 Å². The number of unbranched alkanes of at least 4 members (excludes halogenated alkanes) is 14. The van der Waals surface area contributed by atoms with E-state index in [4.69, 9.17) is 18.5 Å². The maximum atomic E-state index is 12.8. The van der Waals surface area contributed by atoms with Crippen LogP contribution in [0, 0.1) is 0 Å². The number of hydrogen-bond acceptors (Lipinski definition) is 15. The Morgan fingerprint density at radius 2 is 1.08 bits per heavy atom. The lowest BCUT2D eigenvalue weighted by Crippen LogP contribution is -2.64. The maximum absolute atomic E-state index is 12.8. The molecule has 0 amide bonds. The highest BCUT2D eigenvalue weighted by Crippen LogP contribution is 2.47. The van der Waals surface area contributed by atoms with Crippen molar-refractivity contribution in [2.75, 3.05) is 13.2 Å². The van der Waals surface area contributed by atoms with E-state index in [-0.39, 0.29) is 25.7 Å². The predicted molar refractivity (Wildman–Crippen MR) is 253 cm³/mol. The van der Waals surface area contributed by atoms with Crippen molar-refractivity contribution < 1.29 is 78.4 Å². The first-order valence-electron chi connectivity index (χ1n) is 24.1. The summed E-state index contributed by atoms with van der Waals surface area (Å²) in [5, 5.41) is 80.3. The number of aliphatic hydroxyl groups excluding tert-OH is 8. The monoisotopic (exact) mass is 959 g/mol. The number of phosphoric acid groups is 1. The highest BCUT2D eigenvalue weighted by molar-refractivity contribution is 7.47. The van der Waals surface area contributed by atoms with Gasteiger partial charge in [-0.1, -0.05) is 177 Å². The fourth-order valence-corrected chi connectivity index (χ4v) is 7.85. The summed E-state index contributed by atoms with van der Waals surface area (Å²) in [4.78, 5) is 35.7. The van der Waals surface area contributed by atoms with Gasteiger partial charge in [0.05, 0.1) is 24.9 Å². The van der Waals surface area contributed by atoms with Crippen LogP contribution in [0.3, 0.4) is 0 Å². The van der Waals surface area contributed by atoms with Crippen molar-refractivity contribution in [3.8, 4) is 0 Å². The number of hydrogen-bond donors (Lipinski definition) is 9. The Labute approximate surface area is 393 Å². The Morgan fingerprint density at radius 1 is 0.576 bits per heavy atom. The smallest absolute Gasteiger partial charge is 0.462 e. The lowest BCUT2D eigenvalue weighted by Gasteiger charge is -2.41. The molecule has 9 N–H and O–H groups in total. The van der Waals surface area contributed by atoms with Crippen molar-refractivity contribution >= 4 is 19.8 Å². The molecule has 0 saturated heterocycles. The van der Waals surface area contributed by atoms with Gasteiger partial charge in [-0.2, -0.15) is 0 Å². The topological polar surface area (TPSA) is 270 Å². The van der Waals surface area contributed by atoms with Crippen molar-refractivity contribution in [2.24, 2.45) is 0 Å². The molecule has 1 fully saturated rings. The second-order valence-electron chi connectivity index (χ2n) is 16.8. The average Bonchev–Trinajstić information content (AvgIpc) is 3.29. The fourth-order valence-electron chi connectivity index (χ4n) is 6.87. The minimum absolute atomic E-state index is 0.113. The van der Waals surface area contributed by atoms with Crippen LogP contribution in [-0.4, -0.2) is 132 Å². The third-order valence-electron chi connectivity index (χ3n) is 10.9. The minimum Gasteiger partial charge on any atom is -0.462 e. The van der Waals surface area contributed by atoms with E-state index in [2.05, 4.69) is 6.92 Å². The number of rotatable bonds is 38. The maximum Gasteiger partial charge on any atom is 0.472 e. The van der Waals surface area contributed by atoms with Gasteiger partial charge in [0, 0.05) is 12.8 Å². The molecule has 1 aliphatic rings. The second-order valence-corrected chi connectivity index (χ2v) is 18.2. The number of allylic oxidation sites excluding steroid dienone is 8. The Balaban J connectivity index is 2.59. The van der Waals surface area contributed by atoms with Crippen molar-refractivity contribution in [1.82, 2.24) is 0 Å². The van der Waals surface area contributed by atoms with E-state index in [1.165, 1.54) is 70.3 Å². The molecule has 0 heterocycles. The van der Waals surface area contributed by atoms with Gasteiger partial charge in [0.1, 0.15) is 43.2 Å². The summed E-state index contributed by atoms with van der Waals surface area (Å²) in [6, 6.07) is 0. The Morgan fingerprint density at radius 3 is 1.64 bits per heavy atom. The van der Waals surface area contributed by atoms with Gasteiger partial charge in [0.15, 0.2) is 6.10 Å². The molecule has 17 heteroatoms. The van der Waals surface area contributed by atoms with E-state index < -0.39 is 94.0 Å². The van der Waals surface area contributed by atoms with Gasteiger partial charge in [0.25, 0.3) is 0 Å². The molecule has 0 bridgehead atoms. The first-order valence-corrected chi connectivity index (χ1v) is 25.6. The number of carbonyl (C=O) groups excluding carboxylic acids is 2. The van der Waals surface area contributed by atoms with Gasteiger partial charge >= 0.3 is 19.8 Å². The van der Waals surface area contributed by atoms with E-state index in [0.717, 1.165) is 32.1 Å². The van der Waals surface area contributed by atoms with Crippen LogP contribution in [0.15, 0.2) is 72.9 Å². The highest BCUT2D eigenvalue weighted by atomic mass is 31.2.